The lowest BCUT2D eigenvalue weighted by Gasteiger charge is -2.11. The van der Waals surface area contributed by atoms with Crippen LogP contribution in [0.2, 0.25) is 0 Å². The molecule has 5 heteroatoms. The largest absolute Gasteiger partial charge is 0.497 e. The van der Waals surface area contributed by atoms with Gasteiger partial charge in [0.2, 0.25) is 0 Å². The fraction of sp³-hybridized carbons (Fsp3) is 0.143. The molecule has 0 aliphatic heterocycles. The van der Waals surface area contributed by atoms with Crippen LogP contribution in [0.25, 0.3) is 0 Å². The van der Waals surface area contributed by atoms with E-state index in [1.807, 2.05) is 0 Å². The van der Waals surface area contributed by atoms with Gasteiger partial charge >= 0.3 is 0 Å². The molecule has 0 amide bonds. The highest BCUT2D eigenvalue weighted by Gasteiger charge is 2.05. The quantitative estimate of drug-likeness (QED) is 0.834. The standard InChI is InChI=1S/C14H14F2N2O/c1-19-11-4-5-14(13(17)7-11)18-8-9-2-3-10(15)6-12(9)16/h2-7,18H,8,17H2,1H3. The normalized spacial score (nSPS) is 10.3. The first kappa shape index (κ1) is 13.1. The lowest BCUT2D eigenvalue weighted by Crippen LogP contribution is -2.04. The SMILES string of the molecule is COc1ccc(NCc2ccc(F)cc2F)c(N)c1. The molecule has 19 heavy (non-hydrogen) atoms. The van der Waals surface area contributed by atoms with Crippen LogP contribution in [0.1, 0.15) is 5.56 Å². The molecular weight excluding hydrogens is 250 g/mol. The Balaban J connectivity index is 2.10. The van der Waals surface area contributed by atoms with Crippen LogP contribution in [-0.4, -0.2) is 7.11 Å². The zero-order chi connectivity index (χ0) is 13.8. The van der Waals surface area contributed by atoms with Crippen LogP contribution < -0.4 is 15.8 Å². The number of ether oxygens (including phenoxy) is 1. The lowest BCUT2D eigenvalue weighted by molar-refractivity contribution is 0.415. The molecule has 0 aromatic heterocycles. The molecule has 2 aromatic carbocycles. The zero-order valence-corrected chi connectivity index (χ0v) is 10.4. The van der Waals surface area contributed by atoms with E-state index in [9.17, 15) is 8.78 Å². The van der Waals surface area contributed by atoms with Crippen molar-refractivity contribution in [2.24, 2.45) is 0 Å². The summed E-state index contributed by atoms with van der Waals surface area (Å²) in [6.07, 6.45) is 0. The van der Waals surface area contributed by atoms with Gasteiger partial charge in [0.05, 0.1) is 18.5 Å². The molecule has 3 N–H and O–H groups in total. The second kappa shape index (κ2) is 5.56. The molecule has 0 unspecified atom stereocenters. The number of hydrogen-bond acceptors (Lipinski definition) is 3. The fourth-order valence-corrected chi connectivity index (χ4v) is 1.68. The van der Waals surface area contributed by atoms with Gasteiger partial charge in [-0.25, -0.2) is 8.78 Å². The molecule has 0 bridgehead atoms. The fourth-order valence-electron chi connectivity index (χ4n) is 1.68. The van der Waals surface area contributed by atoms with Gasteiger partial charge in [-0.3, -0.25) is 0 Å². The smallest absolute Gasteiger partial charge is 0.131 e. The van der Waals surface area contributed by atoms with E-state index in [0.29, 0.717) is 22.7 Å². The van der Waals surface area contributed by atoms with Gasteiger partial charge in [0.25, 0.3) is 0 Å². The van der Waals surface area contributed by atoms with Crippen LogP contribution in [0.4, 0.5) is 20.2 Å². The van der Waals surface area contributed by atoms with Gasteiger partial charge in [-0.2, -0.15) is 0 Å². The van der Waals surface area contributed by atoms with E-state index < -0.39 is 11.6 Å². The van der Waals surface area contributed by atoms with Gasteiger partial charge in [-0.05, 0) is 18.2 Å². The van der Waals surface area contributed by atoms with Crippen molar-refractivity contribution < 1.29 is 13.5 Å². The summed E-state index contributed by atoms with van der Waals surface area (Å²) in [7, 11) is 1.55. The van der Waals surface area contributed by atoms with Crippen LogP contribution in [0.5, 0.6) is 5.75 Å². The summed E-state index contributed by atoms with van der Waals surface area (Å²) in [5.41, 5.74) is 7.37. The number of hydrogen-bond donors (Lipinski definition) is 2. The van der Waals surface area contributed by atoms with E-state index in [0.717, 1.165) is 6.07 Å². The monoisotopic (exact) mass is 264 g/mol. The minimum Gasteiger partial charge on any atom is -0.497 e. The summed E-state index contributed by atoms with van der Waals surface area (Å²) < 4.78 is 31.2. The highest BCUT2D eigenvalue weighted by atomic mass is 19.1. The van der Waals surface area contributed by atoms with Gasteiger partial charge in [0.15, 0.2) is 0 Å². The summed E-state index contributed by atoms with van der Waals surface area (Å²) in [5.74, 6) is -0.527. The Bertz CT molecular complexity index is 588. The first-order valence-electron chi connectivity index (χ1n) is 5.71. The Hall–Kier alpha value is -2.30. The maximum Gasteiger partial charge on any atom is 0.131 e. The first-order chi connectivity index (χ1) is 9.10. The van der Waals surface area contributed by atoms with E-state index in [1.54, 1.807) is 25.3 Å². The number of nitrogens with two attached hydrogens (primary N) is 1. The average Bonchev–Trinajstić information content (AvgIpc) is 2.39. The van der Waals surface area contributed by atoms with E-state index in [1.165, 1.54) is 12.1 Å². The number of benzene rings is 2. The lowest BCUT2D eigenvalue weighted by atomic mass is 10.2. The summed E-state index contributed by atoms with van der Waals surface area (Å²) in [5, 5.41) is 3.00. The molecule has 2 aromatic rings. The van der Waals surface area contributed by atoms with Gasteiger partial charge in [-0.15, -0.1) is 0 Å². The summed E-state index contributed by atoms with van der Waals surface area (Å²) in [4.78, 5) is 0. The summed E-state index contributed by atoms with van der Waals surface area (Å²) in [6.45, 7) is 0.225. The molecular formula is C14H14F2N2O. The van der Waals surface area contributed by atoms with Crippen LogP contribution in [-0.2, 0) is 6.54 Å². The predicted octanol–water partition coefficient (Wildman–Crippen LogP) is 3.17. The predicted molar refractivity (Wildman–Crippen MR) is 71.1 cm³/mol. The molecule has 100 valence electrons. The third-order valence-electron chi connectivity index (χ3n) is 2.74. The van der Waals surface area contributed by atoms with Crippen LogP contribution in [0.3, 0.4) is 0 Å². The van der Waals surface area contributed by atoms with Crippen molar-refractivity contribution >= 4 is 11.4 Å². The maximum absolute atomic E-state index is 13.4. The van der Waals surface area contributed by atoms with Crippen molar-refractivity contribution in [1.82, 2.24) is 0 Å². The molecule has 2 rings (SSSR count). The van der Waals surface area contributed by atoms with Gasteiger partial charge < -0.3 is 15.8 Å². The van der Waals surface area contributed by atoms with Crippen molar-refractivity contribution in [3.05, 3.63) is 53.6 Å². The molecule has 0 radical (unpaired) electrons. The summed E-state index contributed by atoms with van der Waals surface area (Å²) >= 11 is 0. The molecule has 0 atom stereocenters. The van der Waals surface area contributed by atoms with Crippen LogP contribution in [0, 0.1) is 11.6 Å². The molecule has 0 fully saturated rings. The van der Waals surface area contributed by atoms with Crippen LogP contribution in [0.15, 0.2) is 36.4 Å². The number of rotatable bonds is 4. The van der Waals surface area contributed by atoms with Crippen molar-refractivity contribution in [3.8, 4) is 5.75 Å². The first-order valence-corrected chi connectivity index (χ1v) is 5.71. The Morgan fingerprint density at radius 1 is 1.16 bits per heavy atom. The second-order valence-electron chi connectivity index (χ2n) is 4.04. The molecule has 0 heterocycles. The van der Waals surface area contributed by atoms with Crippen LogP contribution >= 0.6 is 0 Å². The number of nitrogens with one attached hydrogen (secondary N) is 1. The molecule has 0 saturated heterocycles. The van der Waals surface area contributed by atoms with Crippen molar-refractivity contribution in [2.45, 2.75) is 6.54 Å². The van der Waals surface area contributed by atoms with Crippen molar-refractivity contribution in [3.63, 3.8) is 0 Å². The molecule has 0 aliphatic carbocycles. The van der Waals surface area contributed by atoms with Gasteiger partial charge in [0, 0.05) is 24.2 Å². The Morgan fingerprint density at radius 2 is 1.95 bits per heavy atom. The minimum atomic E-state index is -0.592. The molecule has 0 aliphatic rings. The highest BCUT2D eigenvalue weighted by Crippen LogP contribution is 2.24. The van der Waals surface area contributed by atoms with E-state index in [4.69, 9.17) is 10.5 Å². The molecule has 0 saturated carbocycles. The van der Waals surface area contributed by atoms with Crippen molar-refractivity contribution in [2.75, 3.05) is 18.2 Å². The van der Waals surface area contributed by atoms with E-state index >= 15 is 0 Å². The number of halogens is 2. The Kier molecular flexibility index (Phi) is 3.85. The number of nitrogen functional groups attached to an aromatic ring is 1. The maximum atomic E-state index is 13.4. The van der Waals surface area contributed by atoms with E-state index in [-0.39, 0.29) is 6.54 Å². The molecule has 0 spiro atoms. The number of methoxy groups -OCH3 is 1. The minimum absolute atomic E-state index is 0.225. The highest BCUT2D eigenvalue weighted by molar-refractivity contribution is 5.68. The Labute approximate surface area is 110 Å². The third-order valence-corrected chi connectivity index (χ3v) is 2.74. The van der Waals surface area contributed by atoms with Gasteiger partial charge in [0.1, 0.15) is 17.4 Å². The average molecular weight is 264 g/mol. The Morgan fingerprint density at radius 3 is 2.58 bits per heavy atom. The molecule has 3 nitrogen and oxygen atoms in total. The van der Waals surface area contributed by atoms with Gasteiger partial charge in [-0.1, -0.05) is 6.07 Å². The third kappa shape index (κ3) is 3.13. The zero-order valence-electron chi connectivity index (χ0n) is 10.4. The summed E-state index contributed by atoms with van der Waals surface area (Å²) in [6, 6.07) is 8.64. The number of anilines is 2. The van der Waals surface area contributed by atoms with E-state index in [2.05, 4.69) is 5.32 Å². The van der Waals surface area contributed by atoms with Crippen molar-refractivity contribution in [1.29, 1.82) is 0 Å². The second-order valence-corrected chi connectivity index (χ2v) is 4.04. The topological polar surface area (TPSA) is 47.3 Å².